The molecule has 0 saturated carbocycles. The van der Waals surface area contributed by atoms with Crippen molar-refractivity contribution in [1.82, 2.24) is 4.98 Å². The summed E-state index contributed by atoms with van der Waals surface area (Å²) in [6, 6.07) is 15.2. The average Bonchev–Trinajstić information content (AvgIpc) is 2.86. The van der Waals surface area contributed by atoms with E-state index in [0.29, 0.717) is 10.6 Å². The van der Waals surface area contributed by atoms with Crippen LogP contribution < -0.4 is 0 Å². The fraction of sp³-hybridized carbons (Fsp3) is 0.125. The third-order valence-corrected chi connectivity index (χ3v) is 3.85. The van der Waals surface area contributed by atoms with Gasteiger partial charge in [0.25, 0.3) is 0 Å². The minimum Gasteiger partial charge on any atom is -0.381 e. The van der Waals surface area contributed by atoms with Gasteiger partial charge in [0.1, 0.15) is 5.60 Å². The molecule has 0 spiro atoms. The van der Waals surface area contributed by atoms with Gasteiger partial charge in [0.15, 0.2) is 0 Å². The molecule has 2 N–H and O–H groups in total. The highest BCUT2D eigenvalue weighted by atomic mass is 35.5. The number of aromatic nitrogens is 1. The number of hydrogen-bond donors (Lipinski definition) is 2. The summed E-state index contributed by atoms with van der Waals surface area (Å²) < 4.78 is 0. The first-order valence-corrected chi connectivity index (χ1v) is 6.52. The summed E-state index contributed by atoms with van der Waals surface area (Å²) >= 11 is 6.22. The molecule has 2 nitrogen and oxygen atoms in total. The van der Waals surface area contributed by atoms with Gasteiger partial charge in [-0.1, -0.05) is 41.9 Å². The summed E-state index contributed by atoms with van der Waals surface area (Å²) in [7, 11) is 0. The standard InChI is InChI=1S/C16H14ClNO/c1-16(19,13-5-2-3-7-14(13)17)12-6-4-8-15-11(12)9-10-18-15/h2-10,18-19H,1H3. The van der Waals surface area contributed by atoms with Crippen molar-refractivity contribution in [3.05, 3.63) is 70.9 Å². The number of rotatable bonds is 2. The highest BCUT2D eigenvalue weighted by molar-refractivity contribution is 6.31. The molecule has 0 aliphatic heterocycles. The number of fused-ring (bicyclic) bond motifs is 1. The minimum atomic E-state index is -1.12. The summed E-state index contributed by atoms with van der Waals surface area (Å²) in [5.41, 5.74) is 1.44. The van der Waals surface area contributed by atoms with E-state index in [0.717, 1.165) is 16.5 Å². The highest BCUT2D eigenvalue weighted by Crippen LogP contribution is 2.37. The molecule has 0 aliphatic rings. The normalized spacial score (nSPS) is 14.5. The summed E-state index contributed by atoms with van der Waals surface area (Å²) in [4.78, 5) is 3.15. The Labute approximate surface area is 116 Å². The Morgan fingerprint density at radius 3 is 2.53 bits per heavy atom. The topological polar surface area (TPSA) is 36.0 Å². The maximum atomic E-state index is 11.0. The lowest BCUT2D eigenvalue weighted by Gasteiger charge is -2.26. The van der Waals surface area contributed by atoms with Crippen LogP contribution in [0.4, 0.5) is 0 Å². The van der Waals surface area contributed by atoms with Crippen LogP contribution in [-0.4, -0.2) is 10.1 Å². The summed E-state index contributed by atoms with van der Waals surface area (Å²) in [5.74, 6) is 0. The average molecular weight is 272 g/mol. The molecule has 0 radical (unpaired) electrons. The second-order valence-corrected chi connectivity index (χ2v) is 5.20. The van der Waals surface area contributed by atoms with Crippen molar-refractivity contribution < 1.29 is 5.11 Å². The molecule has 0 bridgehead atoms. The molecule has 1 heterocycles. The first-order chi connectivity index (χ1) is 9.10. The van der Waals surface area contributed by atoms with Gasteiger partial charge in [0.05, 0.1) is 0 Å². The zero-order chi connectivity index (χ0) is 13.5. The van der Waals surface area contributed by atoms with Crippen LogP contribution in [0, 0.1) is 0 Å². The van der Waals surface area contributed by atoms with Gasteiger partial charge in [-0.3, -0.25) is 0 Å². The third kappa shape index (κ3) is 1.93. The Balaban J connectivity index is 2.25. The fourth-order valence-electron chi connectivity index (χ4n) is 2.51. The van der Waals surface area contributed by atoms with Gasteiger partial charge in [-0.25, -0.2) is 0 Å². The van der Waals surface area contributed by atoms with Crippen LogP contribution in [-0.2, 0) is 5.60 Å². The highest BCUT2D eigenvalue weighted by Gasteiger charge is 2.29. The molecular weight excluding hydrogens is 258 g/mol. The Kier molecular flexibility index (Phi) is 2.85. The van der Waals surface area contributed by atoms with Crippen LogP contribution in [0.1, 0.15) is 18.1 Å². The van der Waals surface area contributed by atoms with Crippen LogP contribution in [0.3, 0.4) is 0 Å². The van der Waals surface area contributed by atoms with Crippen LogP contribution in [0.2, 0.25) is 5.02 Å². The molecule has 1 unspecified atom stereocenters. The Morgan fingerprint density at radius 2 is 1.74 bits per heavy atom. The molecule has 0 fully saturated rings. The molecule has 1 atom stereocenters. The Bertz CT molecular complexity index is 730. The molecule has 0 amide bonds. The second-order valence-electron chi connectivity index (χ2n) is 4.80. The summed E-state index contributed by atoms with van der Waals surface area (Å²) in [5, 5.41) is 12.5. The fourth-order valence-corrected chi connectivity index (χ4v) is 2.83. The van der Waals surface area contributed by atoms with Gasteiger partial charge >= 0.3 is 0 Å². The lowest BCUT2D eigenvalue weighted by Crippen LogP contribution is -2.23. The number of aromatic amines is 1. The van der Waals surface area contributed by atoms with Gasteiger partial charge in [-0.15, -0.1) is 0 Å². The van der Waals surface area contributed by atoms with Crippen molar-refractivity contribution in [2.75, 3.05) is 0 Å². The molecule has 3 aromatic rings. The van der Waals surface area contributed by atoms with E-state index >= 15 is 0 Å². The number of H-pyrrole nitrogens is 1. The second kappa shape index (κ2) is 4.41. The third-order valence-electron chi connectivity index (χ3n) is 3.52. The van der Waals surface area contributed by atoms with Crippen LogP contribution in [0.25, 0.3) is 10.9 Å². The number of nitrogens with one attached hydrogen (secondary N) is 1. The first-order valence-electron chi connectivity index (χ1n) is 6.14. The lowest BCUT2D eigenvalue weighted by molar-refractivity contribution is 0.104. The number of aliphatic hydroxyl groups is 1. The molecule has 0 aliphatic carbocycles. The zero-order valence-electron chi connectivity index (χ0n) is 10.5. The molecule has 96 valence electrons. The van der Waals surface area contributed by atoms with E-state index in [-0.39, 0.29) is 0 Å². The van der Waals surface area contributed by atoms with Crippen LogP contribution in [0.5, 0.6) is 0 Å². The van der Waals surface area contributed by atoms with E-state index < -0.39 is 5.60 Å². The van der Waals surface area contributed by atoms with Crippen molar-refractivity contribution in [1.29, 1.82) is 0 Å². The molecule has 19 heavy (non-hydrogen) atoms. The summed E-state index contributed by atoms with van der Waals surface area (Å²) in [6.45, 7) is 1.77. The number of halogens is 1. The molecule has 0 saturated heterocycles. The van der Waals surface area contributed by atoms with Gasteiger partial charge in [-0.05, 0) is 30.7 Å². The molecular formula is C16H14ClNO. The van der Waals surface area contributed by atoms with E-state index in [4.69, 9.17) is 11.6 Å². The smallest absolute Gasteiger partial charge is 0.114 e. The van der Waals surface area contributed by atoms with Gasteiger partial charge in [-0.2, -0.15) is 0 Å². The number of benzene rings is 2. The van der Waals surface area contributed by atoms with Crippen molar-refractivity contribution in [2.24, 2.45) is 0 Å². The molecule has 2 aromatic carbocycles. The largest absolute Gasteiger partial charge is 0.381 e. The van der Waals surface area contributed by atoms with Gasteiger partial charge in [0, 0.05) is 27.7 Å². The Morgan fingerprint density at radius 1 is 1.00 bits per heavy atom. The van der Waals surface area contributed by atoms with E-state index in [9.17, 15) is 5.11 Å². The first kappa shape index (κ1) is 12.3. The zero-order valence-corrected chi connectivity index (χ0v) is 11.3. The van der Waals surface area contributed by atoms with E-state index in [1.54, 1.807) is 13.0 Å². The minimum absolute atomic E-state index is 0.569. The van der Waals surface area contributed by atoms with E-state index in [1.807, 2.05) is 48.7 Å². The molecule has 1 aromatic heterocycles. The maximum absolute atomic E-state index is 11.0. The maximum Gasteiger partial charge on any atom is 0.114 e. The predicted octanol–water partition coefficient (Wildman–Crippen LogP) is 4.08. The van der Waals surface area contributed by atoms with Crippen molar-refractivity contribution in [3.8, 4) is 0 Å². The van der Waals surface area contributed by atoms with E-state index in [2.05, 4.69) is 4.98 Å². The van der Waals surface area contributed by atoms with Crippen LogP contribution in [0.15, 0.2) is 54.7 Å². The van der Waals surface area contributed by atoms with Crippen molar-refractivity contribution >= 4 is 22.5 Å². The van der Waals surface area contributed by atoms with Gasteiger partial charge in [0.2, 0.25) is 0 Å². The SMILES string of the molecule is CC(O)(c1ccccc1Cl)c1cccc2[nH]ccc12. The monoisotopic (exact) mass is 271 g/mol. The van der Waals surface area contributed by atoms with Crippen molar-refractivity contribution in [2.45, 2.75) is 12.5 Å². The quantitative estimate of drug-likeness (QED) is 0.724. The van der Waals surface area contributed by atoms with Gasteiger partial charge < -0.3 is 10.1 Å². The summed E-state index contributed by atoms with van der Waals surface area (Å²) in [6.07, 6.45) is 1.87. The van der Waals surface area contributed by atoms with Crippen molar-refractivity contribution in [3.63, 3.8) is 0 Å². The van der Waals surface area contributed by atoms with Crippen LogP contribution >= 0.6 is 11.6 Å². The predicted molar refractivity (Wildman–Crippen MR) is 78.4 cm³/mol. The number of hydrogen-bond acceptors (Lipinski definition) is 1. The van der Waals surface area contributed by atoms with E-state index in [1.165, 1.54) is 0 Å². The molecule has 3 rings (SSSR count). The molecule has 3 heteroatoms. The lowest BCUT2D eigenvalue weighted by atomic mass is 9.86. The Hall–Kier alpha value is -1.77.